The molecule has 0 amide bonds. The van der Waals surface area contributed by atoms with Crippen molar-refractivity contribution < 1.29 is 33.4 Å². The Bertz CT molecular complexity index is 1670. The fourth-order valence-corrected chi connectivity index (χ4v) is 12.0. The quantitative estimate of drug-likeness (QED) is 0.0830. The Morgan fingerprint density at radius 3 is 1.63 bits per heavy atom. The fraction of sp³-hybridized carbons (Fsp3) is 0.429. The van der Waals surface area contributed by atoms with Gasteiger partial charge in [0.2, 0.25) is 0 Å². The largest absolute Gasteiger partial charge is 2.00 e. The summed E-state index contributed by atoms with van der Waals surface area (Å²) < 4.78 is 25.9. The first-order chi connectivity index (χ1) is 24.0. The maximum Gasteiger partial charge on any atom is 2.00 e. The van der Waals surface area contributed by atoms with Crippen LogP contribution in [0.25, 0.3) is 27.6 Å². The summed E-state index contributed by atoms with van der Waals surface area (Å²) >= 11 is 0. The van der Waals surface area contributed by atoms with E-state index in [1.807, 2.05) is 49.5 Å². The molecule has 51 heavy (non-hydrogen) atoms. The van der Waals surface area contributed by atoms with E-state index in [1.54, 1.807) is 5.30 Å². The molecule has 0 atom stereocenters. The normalized spacial score (nSPS) is 15.0. The van der Waals surface area contributed by atoms with Gasteiger partial charge in [0, 0.05) is 58.6 Å². The van der Waals surface area contributed by atoms with Crippen LogP contribution in [0.1, 0.15) is 64.2 Å². The van der Waals surface area contributed by atoms with Crippen molar-refractivity contribution in [3.8, 4) is 22.3 Å². The Hall–Kier alpha value is -2.72. The summed E-state index contributed by atoms with van der Waals surface area (Å²) in [6.45, 7) is 0. The zero-order valence-electron chi connectivity index (χ0n) is 31.2. The van der Waals surface area contributed by atoms with Crippen molar-refractivity contribution >= 4 is 40.4 Å². The Balaban J connectivity index is 0.000000290. The van der Waals surface area contributed by atoms with Gasteiger partial charge in [-0.3, -0.25) is 4.55 Å². The van der Waals surface area contributed by atoms with Gasteiger partial charge in [0.25, 0.3) is 10.1 Å². The van der Waals surface area contributed by atoms with E-state index in [9.17, 15) is 8.42 Å². The molecule has 0 aliphatic heterocycles. The zero-order chi connectivity index (χ0) is 36.1. The summed E-state index contributed by atoms with van der Waals surface area (Å²) in [4.78, 5) is 4.60. The third kappa shape index (κ3) is 12.7. The maximum atomic E-state index is 9.19. The van der Waals surface area contributed by atoms with Gasteiger partial charge in [0.1, 0.15) is 0 Å². The Kier molecular flexibility index (Phi) is 17.7. The third-order valence-corrected chi connectivity index (χ3v) is 13.7. The van der Waals surface area contributed by atoms with Gasteiger partial charge in [0.05, 0.1) is 22.9 Å². The van der Waals surface area contributed by atoms with Gasteiger partial charge < -0.3 is 15.1 Å². The van der Waals surface area contributed by atoms with E-state index >= 15 is 0 Å². The molecule has 9 heteroatoms. The number of nitrogens with zero attached hydrogens (tertiary/aromatic N) is 3. The Morgan fingerprint density at radius 1 is 0.686 bits per heavy atom. The molecule has 4 aromatic rings. The fourth-order valence-electron chi connectivity index (χ4n) is 7.56. The standard InChI is InChI=1S/C28H41N2P.C13H11N.CH4O3S.Pd/c1-29(2)25-19-13-20-26(30(3)4)28(25)24-18-11-12-21-27(24)31(22-14-7-5-8-15-22)23-16-9-6-10-17-23;1-14-13-10-6-5-9-12(13)11-7-3-2-4-8-11;1-5(2,3)4;/h11-13,18-23H,5-10,14-17H2,1-4H3;2-7,9-10H,1H3;1H3,(H,2,3,4);/q;-2;;+2/p+1. The van der Waals surface area contributed by atoms with Crippen LogP contribution in [-0.2, 0) is 30.5 Å². The molecule has 278 valence electrons. The molecule has 2 fully saturated rings. The van der Waals surface area contributed by atoms with E-state index in [-0.39, 0.29) is 20.4 Å². The molecule has 0 aromatic heterocycles. The maximum absolute atomic E-state index is 9.19. The first-order valence-electron chi connectivity index (χ1n) is 18.0. The summed E-state index contributed by atoms with van der Waals surface area (Å²) in [5.74, 6) is 0. The van der Waals surface area contributed by atoms with E-state index in [1.165, 1.54) is 86.7 Å². The summed E-state index contributed by atoms with van der Waals surface area (Å²) in [7, 11) is 6.28. The average Bonchev–Trinajstić information content (AvgIpc) is 3.12. The van der Waals surface area contributed by atoms with Gasteiger partial charge in [-0.05, 0) is 69.6 Å². The number of hydrogen-bond acceptors (Lipinski definition) is 4. The molecule has 4 aromatic carbocycles. The van der Waals surface area contributed by atoms with Crippen LogP contribution in [0.5, 0.6) is 0 Å². The van der Waals surface area contributed by atoms with Crippen LogP contribution in [0.2, 0.25) is 0 Å². The molecule has 0 radical (unpaired) electrons. The summed E-state index contributed by atoms with van der Waals surface area (Å²) in [5, 5.41) is 5.95. The van der Waals surface area contributed by atoms with Crippen molar-refractivity contribution in [1.82, 2.24) is 0 Å². The molecular formula is C42H57N3O3PPdS+. The van der Waals surface area contributed by atoms with E-state index < -0.39 is 18.0 Å². The SMILES string of the molecule is CN(C)c1cccc(N(C)C)c1-c1ccccc1[PH+](C1CCCCC1)C1CCCCC1.CS(=O)(=O)O.C[N-]c1ccccc1-c1[c-]cccc1.[Pd+2]. The third-order valence-electron chi connectivity index (χ3n) is 9.73. The van der Waals surface area contributed by atoms with Crippen molar-refractivity contribution in [2.24, 2.45) is 0 Å². The molecule has 1 N–H and O–H groups in total. The van der Waals surface area contributed by atoms with Gasteiger partial charge >= 0.3 is 20.4 Å². The number of anilines is 2. The molecule has 0 unspecified atom stereocenters. The second-order valence-electron chi connectivity index (χ2n) is 13.9. The molecule has 0 bridgehead atoms. The van der Waals surface area contributed by atoms with Crippen LogP contribution in [0, 0.1) is 6.07 Å². The van der Waals surface area contributed by atoms with Crippen molar-refractivity contribution in [1.29, 1.82) is 0 Å². The molecule has 2 saturated carbocycles. The van der Waals surface area contributed by atoms with Crippen LogP contribution in [0.3, 0.4) is 0 Å². The topological polar surface area (TPSA) is 75.0 Å². The number of rotatable bonds is 8. The van der Waals surface area contributed by atoms with Crippen molar-refractivity contribution in [3.05, 3.63) is 102 Å². The Morgan fingerprint density at radius 2 is 1.16 bits per heavy atom. The van der Waals surface area contributed by atoms with Crippen molar-refractivity contribution in [3.63, 3.8) is 0 Å². The monoisotopic (exact) mass is 820 g/mol. The molecule has 2 aliphatic carbocycles. The minimum absolute atomic E-state index is 0. The van der Waals surface area contributed by atoms with Crippen molar-refractivity contribution in [2.45, 2.75) is 75.5 Å². The minimum atomic E-state index is -3.67. The van der Waals surface area contributed by atoms with E-state index in [4.69, 9.17) is 4.55 Å². The Labute approximate surface area is 323 Å². The van der Waals surface area contributed by atoms with Crippen LogP contribution in [0.4, 0.5) is 17.1 Å². The number of para-hydroxylation sites is 1. The second-order valence-corrected chi connectivity index (χ2v) is 18.4. The predicted octanol–water partition coefficient (Wildman–Crippen LogP) is 10.3. The van der Waals surface area contributed by atoms with E-state index in [0.29, 0.717) is 6.26 Å². The molecule has 2 aliphatic rings. The summed E-state index contributed by atoms with van der Waals surface area (Å²) in [5.41, 5.74) is 10.8. The molecular weight excluding hydrogens is 764 g/mol. The van der Waals surface area contributed by atoms with Gasteiger partial charge in [0.15, 0.2) is 0 Å². The van der Waals surface area contributed by atoms with Crippen molar-refractivity contribution in [2.75, 3.05) is 51.3 Å². The number of benzene rings is 4. The molecule has 6 nitrogen and oxygen atoms in total. The van der Waals surface area contributed by atoms with Crippen LogP contribution >= 0.6 is 7.92 Å². The van der Waals surface area contributed by atoms with E-state index in [0.717, 1.165) is 28.1 Å². The average molecular weight is 821 g/mol. The predicted molar refractivity (Wildman–Crippen MR) is 219 cm³/mol. The first-order valence-corrected chi connectivity index (χ1v) is 21.5. The van der Waals surface area contributed by atoms with Crippen LogP contribution in [-0.4, -0.2) is 65.8 Å². The molecule has 0 spiro atoms. The summed E-state index contributed by atoms with van der Waals surface area (Å²) in [6, 6.07) is 35.6. The smallest absolute Gasteiger partial charge is 0.694 e. The molecule has 0 saturated heterocycles. The number of hydrogen-bond donors (Lipinski definition) is 1. The van der Waals surface area contributed by atoms with Gasteiger partial charge in [-0.2, -0.15) is 14.1 Å². The summed E-state index contributed by atoms with van der Waals surface area (Å²) in [6.07, 6.45) is 15.3. The zero-order valence-corrected chi connectivity index (χ0v) is 34.6. The van der Waals surface area contributed by atoms with Crippen LogP contribution in [0.15, 0.2) is 91.0 Å². The van der Waals surface area contributed by atoms with E-state index in [2.05, 4.69) is 97.9 Å². The second kappa shape index (κ2) is 21.1. The van der Waals surface area contributed by atoms with Gasteiger partial charge in [-0.1, -0.05) is 61.4 Å². The molecule has 0 heterocycles. The van der Waals surface area contributed by atoms with Crippen LogP contribution < -0.4 is 15.1 Å². The van der Waals surface area contributed by atoms with Gasteiger partial charge in [-0.25, -0.2) is 0 Å². The molecule has 6 rings (SSSR count). The minimum Gasteiger partial charge on any atom is -0.694 e. The first kappa shape index (κ1) is 42.7. The van der Waals surface area contributed by atoms with Gasteiger partial charge in [-0.15, -0.1) is 48.5 Å².